The minimum Gasteiger partial charge on any atom is -0.370 e. The van der Waals surface area contributed by atoms with Crippen LogP contribution < -0.4 is 5.32 Å². The number of pyridine rings is 1. The fourth-order valence-electron chi connectivity index (χ4n) is 2.44. The van der Waals surface area contributed by atoms with Gasteiger partial charge in [-0.1, -0.05) is 19.9 Å². The van der Waals surface area contributed by atoms with Crippen molar-refractivity contribution in [2.45, 2.75) is 32.7 Å². The maximum Gasteiger partial charge on any atom is 0.130 e. The molecule has 94 valence electrons. The van der Waals surface area contributed by atoms with Crippen LogP contribution in [-0.2, 0) is 0 Å². The van der Waals surface area contributed by atoms with Gasteiger partial charge in [0.2, 0.25) is 0 Å². The Morgan fingerprint density at radius 1 is 1.53 bits per heavy atom. The monoisotopic (exact) mass is 233 g/mol. The fraction of sp³-hybridized carbons (Fsp3) is 0.643. The molecule has 0 unspecified atom stereocenters. The van der Waals surface area contributed by atoms with Crippen LogP contribution in [0.25, 0.3) is 0 Å². The van der Waals surface area contributed by atoms with Gasteiger partial charge in [-0.25, -0.2) is 4.98 Å². The zero-order chi connectivity index (χ0) is 12.3. The Balaban J connectivity index is 2.15. The van der Waals surface area contributed by atoms with E-state index in [0.717, 1.165) is 12.4 Å². The zero-order valence-corrected chi connectivity index (χ0v) is 11.1. The molecule has 17 heavy (non-hydrogen) atoms. The first kappa shape index (κ1) is 12.4. The molecule has 1 aromatic rings. The molecule has 0 spiro atoms. The van der Waals surface area contributed by atoms with Gasteiger partial charge in [0.15, 0.2) is 0 Å². The molecule has 2 rings (SSSR count). The van der Waals surface area contributed by atoms with Gasteiger partial charge < -0.3 is 5.32 Å². The Morgan fingerprint density at radius 2 is 2.35 bits per heavy atom. The lowest BCUT2D eigenvalue weighted by molar-refractivity contribution is 0.317. The van der Waals surface area contributed by atoms with Crippen LogP contribution in [0.3, 0.4) is 0 Å². The average Bonchev–Trinajstić information content (AvgIpc) is 2.73. The van der Waals surface area contributed by atoms with Crippen LogP contribution >= 0.6 is 0 Å². The van der Waals surface area contributed by atoms with Crippen LogP contribution in [0.2, 0.25) is 0 Å². The number of hydrogen-bond acceptors (Lipinski definition) is 3. The SMILES string of the molecule is CC(C)CNc1ncccc1[C@@H]1CCCN1C. The first-order valence-electron chi connectivity index (χ1n) is 6.57. The van der Waals surface area contributed by atoms with Crippen molar-refractivity contribution in [2.75, 3.05) is 25.5 Å². The van der Waals surface area contributed by atoms with Gasteiger partial charge in [-0.15, -0.1) is 0 Å². The number of rotatable bonds is 4. The van der Waals surface area contributed by atoms with E-state index in [1.54, 1.807) is 0 Å². The van der Waals surface area contributed by atoms with Crippen LogP contribution in [0.1, 0.15) is 38.3 Å². The van der Waals surface area contributed by atoms with Crippen LogP contribution in [0.4, 0.5) is 5.82 Å². The molecule has 0 radical (unpaired) electrons. The highest BCUT2D eigenvalue weighted by Gasteiger charge is 2.24. The summed E-state index contributed by atoms with van der Waals surface area (Å²) in [5.41, 5.74) is 1.35. The molecule has 0 amide bonds. The van der Waals surface area contributed by atoms with Crippen molar-refractivity contribution in [3.63, 3.8) is 0 Å². The Bertz CT molecular complexity index is 362. The summed E-state index contributed by atoms with van der Waals surface area (Å²) in [6, 6.07) is 4.79. The average molecular weight is 233 g/mol. The Hall–Kier alpha value is -1.09. The van der Waals surface area contributed by atoms with E-state index >= 15 is 0 Å². The highest BCUT2D eigenvalue weighted by atomic mass is 15.2. The number of anilines is 1. The third-order valence-corrected chi connectivity index (χ3v) is 3.40. The highest BCUT2D eigenvalue weighted by Crippen LogP contribution is 2.33. The predicted molar refractivity (Wildman–Crippen MR) is 72.2 cm³/mol. The summed E-state index contributed by atoms with van der Waals surface area (Å²) in [5.74, 6) is 1.71. The summed E-state index contributed by atoms with van der Waals surface area (Å²) in [5, 5.41) is 3.47. The summed E-state index contributed by atoms with van der Waals surface area (Å²) < 4.78 is 0. The Kier molecular flexibility index (Phi) is 4.00. The van der Waals surface area contributed by atoms with Gasteiger partial charge in [0, 0.05) is 24.3 Å². The van der Waals surface area contributed by atoms with Gasteiger partial charge in [-0.05, 0) is 38.4 Å². The number of nitrogens with zero attached hydrogens (tertiary/aromatic N) is 2. The van der Waals surface area contributed by atoms with Crippen molar-refractivity contribution >= 4 is 5.82 Å². The van der Waals surface area contributed by atoms with Gasteiger partial charge in [0.05, 0.1) is 0 Å². The number of nitrogens with one attached hydrogen (secondary N) is 1. The molecule has 1 aliphatic heterocycles. The predicted octanol–water partition coefficient (Wildman–Crippen LogP) is 2.92. The molecule has 0 saturated carbocycles. The van der Waals surface area contributed by atoms with E-state index in [-0.39, 0.29) is 0 Å². The smallest absolute Gasteiger partial charge is 0.130 e. The van der Waals surface area contributed by atoms with E-state index in [2.05, 4.69) is 42.2 Å². The van der Waals surface area contributed by atoms with E-state index in [9.17, 15) is 0 Å². The molecule has 1 N–H and O–H groups in total. The molecule has 1 aromatic heterocycles. The quantitative estimate of drug-likeness (QED) is 0.866. The Labute approximate surface area is 104 Å². The Morgan fingerprint density at radius 3 is 3.00 bits per heavy atom. The van der Waals surface area contributed by atoms with Gasteiger partial charge in [0.1, 0.15) is 5.82 Å². The van der Waals surface area contributed by atoms with Gasteiger partial charge in [-0.3, -0.25) is 4.90 Å². The van der Waals surface area contributed by atoms with E-state index < -0.39 is 0 Å². The van der Waals surface area contributed by atoms with Crippen molar-refractivity contribution in [1.82, 2.24) is 9.88 Å². The lowest BCUT2D eigenvalue weighted by atomic mass is 10.1. The second-order valence-corrected chi connectivity index (χ2v) is 5.35. The standard InChI is InChI=1S/C14H23N3/c1-11(2)10-16-14-12(6-4-8-15-14)13-7-5-9-17(13)3/h4,6,8,11,13H,5,7,9-10H2,1-3H3,(H,15,16)/t13-/m0/s1. The summed E-state index contributed by atoms with van der Waals surface area (Å²) in [7, 11) is 2.21. The second kappa shape index (κ2) is 5.50. The summed E-state index contributed by atoms with van der Waals surface area (Å²) in [4.78, 5) is 6.92. The molecule has 1 atom stereocenters. The molecular formula is C14H23N3. The van der Waals surface area contributed by atoms with Crippen molar-refractivity contribution in [3.8, 4) is 0 Å². The first-order valence-corrected chi connectivity index (χ1v) is 6.57. The molecule has 1 saturated heterocycles. The van der Waals surface area contributed by atoms with Gasteiger partial charge in [-0.2, -0.15) is 0 Å². The highest BCUT2D eigenvalue weighted by molar-refractivity contribution is 5.46. The minimum atomic E-state index is 0.540. The summed E-state index contributed by atoms with van der Waals surface area (Å²) in [6.07, 6.45) is 4.42. The lowest BCUT2D eigenvalue weighted by Gasteiger charge is -2.22. The van der Waals surface area contributed by atoms with E-state index in [1.807, 2.05) is 12.3 Å². The number of aromatic nitrogens is 1. The molecule has 3 nitrogen and oxygen atoms in total. The van der Waals surface area contributed by atoms with Crippen molar-refractivity contribution in [3.05, 3.63) is 23.9 Å². The molecule has 1 fully saturated rings. The maximum absolute atomic E-state index is 4.49. The van der Waals surface area contributed by atoms with E-state index in [0.29, 0.717) is 12.0 Å². The van der Waals surface area contributed by atoms with Crippen LogP contribution in [0.5, 0.6) is 0 Å². The van der Waals surface area contributed by atoms with Crippen molar-refractivity contribution in [2.24, 2.45) is 5.92 Å². The summed E-state index contributed by atoms with van der Waals surface area (Å²) >= 11 is 0. The molecule has 3 heteroatoms. The van der Waals surface area contributed by atoms with Crippen molar-refractivity contribution in [1.29, 1.82) is 0 Å². The largest absolute Gasteiger partial charge is 0.370 e. The molecule has 2 heterocycles. The fourth-order valence-corrected chi connectivity index (χ4v) is 2.44. The van der Waals surface area contributed by atoms with Crippen LogP contribution in [0, 0.1) is 5.92 Å². The van der Waals surface area contributed by atoms with Gasteiger partial charge in [0.25, 0.3) is 0 Å². The molecule has 0 bridgehead atoms. The summed E-state index contributed by atoms with van der Waals surface area (Å²) in [6.45, 7) is 6.62. The molecule has 0 aliphatic carbocycles. The topological polar surface area (TPSA) is 28.2 Å². The molecule has 0 aromatic carbocycles. The zero-order valence-electron chi connectivity index (χ0n) is 11.1. The molecule has 1 aliphatic rings. The molecular weight excluding hydrogens is 210 g/mol. The number of hydrogen-bond donors (Lipinski definition) is 1. The lowest BCUT2D eigenvalue weighted by Crippen LogP contribution is -2.20. The van der Waals surface area contributed by atoms with Crippen molar-refractivity contribution < 1.29 is 0 Å². The van der Waals surface area contributed by atoms with E-state index in [4.69, 9.17) is 0 Å². The maximum atomic E-state index is 4.49. The third-order valence-electron chi connectivity index (χ3n) is 3.40. The second-order valence-electron chi connectivity index (χ2n) is 5.35. The normalized spacial score (nSPS) is 21.1. The van der Waals surface area contributed by atoms with Gasteiger partial charge >= 0.3 is 0 Å². The first-order chi connectivity index (χ1) is 8.18. The van der Waals surface area contributed by atoms with E-state index in [1.165, 1.54) is 24.9 Å². The van der Waals surface area contributed by atoms with Crippen LogP contribution in [0.15, 0.2) is 18.3 Å². The number of likely N-dealkylation sites (tertiary alicyclic amines) is 1. The third kappa shape index (κ3) is 2.97. The van der Waals surface area contributed by atoms with Crippen LogP contribution in [-0.4, -0.2) is 30.0 Å². The minimum absolute atomic E-state index is 0.540.